The van der Waals surface area contributed by atoms with Gasteiger partial charge in [0.1, 0.15) is 12.1 Å². The lowest BCUT2D eigenvalue weighted by Crippen LogP contribution is -2.31. The summed E-state index contributed by atoms with van der Waals surface area (Å²) in [7, 11) is 3.02. The SMILES string of the molecule is CCc1ccc(OC2CN[C@H](C(=O)OC)C2)c(OC)c1. The molecule has 1 unspecified atom stereocenters. The molecule has 20 heavy (non-hydrogen) atoms. The highest BCUT2D eigenvalue weighted by Gasteiger charge is 2.31. The van der Waals surface area contributed by atoms with Crippen molar-refractivity contribution in [1.82, 2.24) is 5.32 Å². The van der Waals surface area contributed by atoms with Crippen LogP contribution in [0.5, 0.6) is 11.5 Å². The minimum atomic E-state index is -0.286. The summed E-state index contributed by atoms with van der Waals surface area (Å²) in [5.41, 5.74) is 1.20. The number of nitrogens with one attached hydrogen (secondary N) is 1. The number of hydrogen-bond donors (Lipinski definition) is 1. The number of carbonyl (C=O) groups excluding carboxylic acids is 1. The van der Waals surface area contributed by atoms with Crippen molar-refractivity contribution in [2.45, 2.75) is 31.9 Å². The second-order valence-corrected chi connectivity index (χ2v) is 4.80. The molecule has 0 radical (unpaired) electrons. The predicted octanol–water partition coefficient (Wildman–Crippen LogP) is 1.54. The van der Waals surface area contributed by atoms with E-state index in [0.717, 1.165) is 12.2 Å². The Morgan fingerprint density at radius 3 is 2.80 bits per heavy atom. The summed E-state index contributed by atoms with van der Waals surface area (Å²) in [5, 5.41) is 3.10. The molecule has 1 aromatic carbocycles. The molecule has 0 amide bonds. The molecule has 5 nitrogen and oxygen atoms in total. The second-order valence-electron chi connectivity index (χ2n) is 4.80. The summed E-state index contributed by atoms with van der Waals surface area (Å²) in [6, 6.07) is 5.64. The molecule has 1 aromatic rings. The highest BCUT2D eigenvalue weighted by atomic mass is 16.5. The van der Waals surface area contributed by atoms with E-state index in [1.54, 1.807) is 7.11 Å². The van der Waals surface area contributed by atoms with E-state index in [9.17, 15) is 4.79 Å². The van der Waals surface area contributed by atoms with Gasteiger partial charge in [-0.25, -0.2) is 0 Å². The van der Waals surface area contributed by atoms with Crippen LogP contribution in [-0.2, 0) is 16.0 Å². The number of carbonyl (C=O) groups is 1. The molecule has 5 heteroatoms. The third kappa shape index (κ3) is 3.22. The number of methoxy groups -OCH3 is 2. The topological polar surface area (TPSA) is 56.8 Å². The summed E-state index contributed by atoms with van der Waals surface area (Å²) in [6.07, 6.45) is 1.50. The van der Waals surface area contributed by atoms with Crippen LogP contribution in [0.1, 0.15) is 18.9 Å². The molecule has 0 saturated carbocycles. The fraction of sp³-hybridized carbons (Fsp3) is 0.533. The van der Waals surface area contributed by atoms with Gasteiger partial charge in [0.15, 0.2) is 11.5 Å². The van der Waals surface area contributed by atoms with Crippen LogP contribution in [0.25, 0.3) is 0 Å². The van der Waals surface area contributed by atoms with E-state index in [1.807, 2.05) is 18.2 Å². The molecule has 1 fully saturated rings. The lowest BCUT2D eigenvalue weighted by atomic mass is 10.1. The van der Waals surface area contributed by atoms with Crippen molar-refractivity contribution in [2.24, 2.45) is 0 Å². The lowest BCUT2D eigenvalue weighted by molar-refractivity contribution is -0.142. The Bertz CT molecular complexity index is 475. The summed E-state index contributed by atoms with van der Waals surface area (Å²) >= 11 is 0. The number of ether oxygens (including phenoxy) is 3. The monoisotopic (exact) mass is 279 g/mol. The molecule has 0 spiro atoms. The standard InChI is InChI=1S/C15H21NO4/c1-4-10-5-6-13(14(7-10)18-2)20-11-8-12(16-9-11)15(17)19-3/h5-7,11-12,16H,4,8-9H2,1-3H3/t11?,12-/m0/s1. The average Bonchev–Trinajstić information content (AvgIpc) is 2.95. The van der Waals surface area contributed by atoms with Crippen LogP contribution in [-0.4, -0.2) is 38.9 Å². The van der Waals surface area contributed by atoms with Gasteiger partial charge >= 0.3 is 5.97 Å². The first-order valence-corrected chi connectivity index (χ1v) is 6.82. The van der Waals surface area contributed by atoms with Crippen LogP contribution in [0.3, 0.4) is 0 Å². The lowest BCUT2D eigenvalue weighted by Gasteiger charge is -2.16. The van der Waals surface area contributed by atoms with Gasteiger partial charge in [-0.1, -0.05) is 13.0 Å². The summed E-state index contributed by atoms with van der Waals surface area (Å²) in [5.74, 6) is 1.19. The molecule has 2 atom stereocenters. The molecule has 2 rings (SSSR count). The molecular weight excluding hydrogens is 258 g/mol. The van der Waals surface area contributed by atoms with Crippen molar-refractivity contribution in [1.29, 1.82) is 0 Å². The fourth-order valence-corrected chi connectivity index (χ4v) is 2.32. The smallest absolute Gasteiger partial charge is 0.323 e. The van der Waals surface area contributed by atoms with Gasteiger partial charge in [-0.05, 0) is 24.1 Å². The molecule has 0 aliphatic carbocycles. The highest BCUT2D eigenvalue weighted by Crippen LogP contribution is 2.30. The van der Waals surface area contributed by atoms with Gasteiger partial charge in [0.05, 0.1) is 14.2 Å². The quantitative estimate of drug-likeness (QED) is 0.829. The van der Waals surface area contributed by atoms with E-state index < -0.39 is 0 Å². The Hall–Kier alpha value is -1.75. The Morgan fingerprint density at radius 2 is 2.15 bits per heavy atom. The van der Waals surface area contributed by atoms with E-state index in [2.05, 4.69) is 12.2 Å². The minimum absolute atomic E-state index is 0.0551. The summed E-state index contributed by atoms with van der Waals surface area (Å²) in [6.45, 7) is 2.72. The van der Waals surface area contributed by atoms with E-state index in [-0.39, 0.29) is 18.1 Å². The van der Waals surface area contributed by atoms with Crippen molar-refractivity contribution < 1.29 is 19.0 Å². The number of hydrogen-bond acceptors (Lipinski definition) is 5. The van der Waals surface area contributed by atoms with Crippen LogP contribution in [0.2, 0.25) is 0 Å². The Kier molecular flexibility index (Phi) is 4.84. The van der Waals surface area contributed by atoms with Crippen LogP contribution in [0, 0.1) is 0 Å². The molecule has 110 valence electrons. The molecular formula is C15H21NO4. The zero-order valence-corrected chi connectivity index (χ0v) is 12.1. The zero-order valence-electron chi connectivity index (χ0n) is 12.1. The predicted molar refractivity (Wildman–Crippen MR) is 75.2 cm³/mol. The van der Waals surface area contributed by atoms with Gasteiger partial charge < -0.3 is 19.5 Å². The van der Waals surface area contributed by atoms with Crippen molar-refractivity contribution >= 4 is 5.97 Å². The van der Waals surface area contributed by atoms with E-state index >= 15 is 0 Å². The van der Waals surface area contributed by atoms with Crippen LogP contribution >= 0.6 is 0 Å². The number of benzene rings is 1. The van der Waals surface area contributed by atoms with Crippen molar-refractivity contribution in [2.75, 3.05) is 20.8 Å². The molecule has 1 aliphatic rings. The Balaban J connectivity index is 2.02. The fourth-order valence-electron chi connectivity index (χ4n) is 2.32. The van der Waals surface area contributed by atoms with Crippen molar-refractivity contribution in [3.63, 3.8) is 0 Å². The Labute approximate surface area is 119 Å². The molecule has 0 bridgehead atoms. The first-order chi connectivity index (χ1) is 9.67. The average molecular weight is 279 g/mol. The maximum absolute atomic E-state index is 11.5. The zero-order chi connectivity index (χ0) is 14.5. The maximum atomic E-state index is 11.5. The van der Waals surface area contributed by atoms with E-state index in [0.29, 0.717) is 18.7 Å². The highest BCUT2D eigenvalue weighted by molar-refractivity contribution is 5.76. The molecule has 1 aliphatic heterocycles. The van der Waals surface area contributed by atoms with Crippen LogP contribution < -0.4 is 14.8 Å². The first-order valence-electron chi connectivity index (χ1n) is 6.82. The van der Waals surface area contributed by atoms with Gasteiger partial charge in [0, 0.05) is 13.0 Å². The third-order valence-corrected chi connectivity index (χ3v) is 3.51. The third-order valence-electron chi connectivity index (χ3n) is 3.51. The van der Waals surface area contributed by atoms with Gasteiger partial charge in [0.2, 0.25) is 0 Å². The molecule has 1 heterocycles. The van der Waals surface area contributed by atoms with Crippen LogP contribution in [0.15, 0.2) is 18.2 Å². The second kappa shape index (κ2) is 6.61. The van der Waals surface area contributed by atoms with Crippen molar-refractivity contribution in [3.8, 4) is 11.5 Å². The molecule has 1 saturated heterocycles. The van der Waals surface area contributed by atoms with Crippen molar-refractivity contribution in [3.05, 3.63) is 23.8 Å². The van der Waals surface area contributed by atoms with E-state index in [1.165, 1.54) is 12.7 Å². The summed E-state index contributed by atoms with van der Waals surface area (Å²) < 4.78 is 16.0. The van der Waals surface area contributed by atoms with Crippen LogP contribution in [0.4, 0.5) is 0 Å². The Morgan fingerprint density at radius 1 is 1.35 bits per heavy atom. The number of rotatable bonds is 5. The largest absolute Gasteiger partial charge is 0.493 e. The first kappa shape index (κ1) is 14.7. The van der Waals surface area contributed by atoms with Gasteiger partial charge in [0.25, 0.3) is 0 Å². The van der Waals surface area contributed by atoms with Gasteiger partial charge in [-0.3, -0.25) is 4.79 Å². The van der Waals surface area contributed by atoms with E-state index in [4.69, 9.17) is 14.2 Å². The molecule has 0 aromatic heterocycles. The maximum Gasteiger partial charge on any atom is 0.323 e. The molecule has 1 N–H and O–H groups in total. The number of aryl methyl sites for hydroxylation is 1. The van der Waals surface area contributed by atoms with Gasteiger partial charge in [-0.15, -0.1) is 0 Å². The normalized spacial score (nSPS) is 21.6. The number of esters is 1. The van der Waals surface area contributed by atoms with Gasteiger partial charge in [-0.2, -0.15) is 0 Å². The summed E-state index contributed by atoms with van der Waals surface area (Å²) in [4.78, 5) is 11.5. The minimum Gasteiger partial charge on any atom is -0.493 e.